The number of nitrogens with one attached hydrogen (secondary N) is 1. The van der Waals surface area contributed by atoms with E-state index in [0.717, 1.165) is 12.2 Å². The Labute approximate surface area is 133 Å². The van der Waals surface area contributed by atoms with E-state index in [9.17, 15) is 4.79 Å². The number of thiophene rings is 1. The van der Waals surface area contributed by atoms with Crippen molar-refractivity contribution in [2.75, 3.05) is 25.0 Å². The van der Waals surface area contributed by atoms with Crippen LogP contribution in [0.25, 0.3) is 0 Å². The fourth-order valence-electron chi connectivity index (χ4n) is 2.48. The molecule has 2 aromatic heterocycles. The number of aryl methyl sites for hydroxylation is 1. The van der Waals surface area contributed by atoms with E-state index in [1.54, 1.807) is 17.4 Å². The van der Waals surface area contributed by atoms with Gasteiger partial charge in [0.05, 0.1) is 18.3 Å². The van der Waals surface area contributed by atoms with Crippen LogP contribution in [0.3, 0.4) is 0 Å². The van der Waals surface area contributed by atoms with Gasteiger partial charge in [0, 0.05) is 24.0 Å². The molecule has 0 aromatic carbocycles. The third-order valence-electron chi connectivity index (χ3n) is 3.76. The van der Waals surface area contributed by atoms with E-state index in [0.29, 0.717) is 19.0 Å². The molecule has 1 amide bonds. The van der Waals surface area contributed by atoms with Crippen LogP contribution >= 0.6 is 11.3 Å². The highest BCUT2D eigenvalue weighted by Gasteiger charge is 2.29. The summed E-state index contributed by atoms with van der Waals surface area (Å²) in [5.74, 6) is 0.292. The lowest BCUT2D eigenvalue weighted by molar-refractivity contribution is -0.124. The van der Waals surface area contributed by atoms with E-state index in [2.05, 4.69) is 21.4 Å². The minimum Gasteiger partial charge on any atom is -0.370 e. The molecule has 1 saturated heterocycles. The third-order valence-corrected chi connectivity index (χ3v) is 4.72. The zero-order valence-corrected chi connectivity index (χ0v) is 13.4. The second-order valence-corrected chi connectivity index (χ2v) is 6.35. The highest BCUT2D eigenvalue weighted by Crippen LogP contribution is 2.27. The summed E-state index contributed by atoms with van der Waals surface area (Å²) in [6, 6.07) is 5.54. The zero-order valence-electron chi connectivity index (χ0n) is 12.6. The molecule has 6 nitrogen and oxygen atoms in total. The highest BCUT2D eigenvalue weighted by atomic mass is 32.1. The molecule has 3 heterocycles. The summed E-state index contributed by atoms with van der Waals surface area (Å²) in [6.07, 6.45) is 0.0384. The predicted octanol–water partition coefficient (Wildman–Crippen LogP) is 2.45. The van der Waals surface area contributed by atoms with Gasteiger partial charge in [-0.1, -0.05) is 11.2 Å². The van der Waals surface area contributed by atoms with E-state index >= 15 is 0 Å². The molecule has 2 aromatic rings. The van der Waals surface area contributed by atoms with Gasteiger partial charge in [-0.15, -0.1) is 11.3 Å². The van der Waals surface area contributed by atoms with Gasteiger partial charge >= 0.3 is 0 Å². The summed E-state index contributed by atoms with van der Waals surface area (Å²) in [6.45, 7) is 5.80. The number of morpholine rings is 1. The van der Waals surface area contributed by atoms with Crippen LogP contribution in [0.2, 0.25) is 0 Å². The predicted molar refractivity (Wildman–Crippen MR) is 83.9 cm³/mol. The van der Waals surface area contributed by atoms with Crippen molar-refractivity contribution in [3.8, 4) is 0 Å². The maximum atomic E-state index is 12.3. The molecule has 0 aliphatic carbocycles. The molecule has 0 saturated carbocycles. The Morgan fingerprint density at radius 1 is 1.59 bits per heavy atom. The van der Waals surface area contributed by atoms with Crippen LogP contribution in [0.1, 0.15) is 23.6 Å². The molecular weight excluding hydrogens is 302 g/mol. The number of amides is 1. The summed E-state index contributed by atoms with van der Waals surface area (Å²) >= 11 is 1.68. The molecule has 2 atom stereocenters. The van der Waals surface area contributed by atoms with Crippen molar-refractivity contribution in [1.29, 1.82) is 0 Å². The topological polar surface area (TPSA) is 67.6 Å². The highest BCUT2D eigenvalue weighted by molar-refractivity contribution is 7.10. The first-order valence-corrected chi connectivity index (χ1v) is 8.14. The molecule has 0 radical (unpaired) electrons. The van der Waals surface area contributed by atoms with Crippen LogP contribution in [0.4, 0.5) is 5.88 Å². The number of aromatic nitrogens is 1. The van der Waals surface area contributed by atoms with Crippen molar-refractivity contribution < 1.29 is 14.1 Å². The molecule has 1 N–H and O–H groups in total. The SMILES string of the molecule is Cc1cc(NC(=O)C(C)N2CCOC(c3cccs3)C2)on1. The standard InChI is InChI=1S/C15H19N3O3S/c1-10-8-14(21-17-10)16-15(19)11(2)18-5-6-20-12(9-18)13-4-3-7-22-13/h3-4,7-8,11-12H,5-6,9H2,1-2H3,(H,16,19). The lowest BCUT2D eigenvalue weighted by Gasteiger charge is -2.35. The first-order valence-electron chi connectivity index (χ1n) is 7.26. The Balaban J connectivity index is 1.61. The lowest BCUT2D eigenvalue weighted by atomic mass is 10.2. The van der Waals surface area contributed by atoms with Crippen LogP contribution in [-0.2, 0) is 9.53 Å². The van der Waals surface area contributed by atoms with Crippen LogP contribution in [0.15, 0.2) is 28.1 Å². The Kier molecular flexibility index (Phi) is 4.56. The van der Waals surface area contributed by atoms with Crippen molar-refractivity contribution >= 4 is 23.1 Å². The Morgan fingerprint density at radius 3 is 3.14 bits per heavy atom. The number of anilines is 1. The first kappa shape index (κ1) is 15.2. The Bertz CT molecular complexity index is 626. The number of rotatable bonds is 4. The molecule has 2 unspecified atom stereocenters. The van der Waals surface area contributed by atoms with Crippen LogP contribution in [-0.4, -0.2) is 41.7 Å². The largest absolute Gasteiger partial charge is 0.370 e. The summed E-state index contributed by atoms with van der Waals surface area (Å²) in [4.78, 5) is 15.7. The summed E-state index contributed by atoms with van der Waals surface area (Å²) < 4.78 is 10.8. The monoisotopic (exact) mass is 321 g/mol. The Hall–Kier alpha value is -1.70. The third kappa shape index (κ3) is 3.37. The van der Waals surface area contributed by atoms with E-state index in [1.165, 1.54) is 4.88 Å². The zero-order chi connectivity index (χ0) is 15.5. The van der Waals surface area contributed by atoms with Gasteiger partial charge in [-0.05, 0) is 25.3 Å². The summed E-state index contributed by atoms with van der Waals surface area (Å²) in [7, 11) is 0. The minimum atomic E-state index is -0.253. The molecule has 22 heavy (non-hydrogen) atoms. The van der Waals surface area contributed by atoms with Crippen LogP contribution in [0, 0.1) is 6.92 Å². The number of ether oxygens (including phenoxy) is 1. The van der Waals surface area contributed by atoms with Gasteiger partial charge in [-0.25, -0.2) is 0 Å². The quantitative estimate of drug-likeness (QED) is 0.937. The molecule has 0 bridgehead atoms. The van der Waals surface area contributed by atoms with Gasteiger partial charge in [0.2, 0.25) is 11.8 Å². The van der Waals surface area contributed by atoms with Gasteiger partial charge < -0.3 is 9.26 Å². The van der Waals surface area contributed by atoms with E-state index < -0.39 is 0 Å². The average molecular weight is 321 g/mol. The van der Waals surface area contributed by atoms with Crippen molar-refractivity contribution in [2.45, 2.75) is 26.0 Å². The normalized spacial score (nSPS) is 20.7. The summed E-state index contributed by atoms with van der Waals surface area (Å²) in [5.41, 5.74) is 0.743. The van der Waals surface area contributed by atoms with Crippen molar-refractivity contribution in [1.82, 2.24) is 10.1 Å². The van der Waals surface area contributed by atoms with E-state index in [4.69, 9.17) is 9.26 Å². The molecular formula is C15H19N3O3S. The number of carbonyl (C=O) groups excluding carboxylic acids is 1. The number of hydrogen-bond acceptors (Lipinski definition) is 6. The molecule has 118 valence electrons. The molecule has 1 fully saturated rings. The van der Waals surface area contributed by atoms with Crippen molar-refractivity contribution in [3.05, 3.63) is 34.2 Å². The summed E-state index contributed by atoms with van der Waals surface area (Å²) in [5, 5.41) is 8.57. The number of hydrogen-bond donors (Lipinski definition) is 1. The second-order valence-electron chi connectivity index (χ2n) is 5.37. The second kappa shape index (κ2) is 6.60. The lowest BCUT2D eigenvalue weighted by Crippen LogP contribution is -2.48. The molecule has 7 heteroatoms. The maximum Gasteiger partial charge on any atom is 0.243 e. The van der Waals surface area contributed by atoms with Gasteiger partial charge in [0.1, 0.15) is 6.10 Å². The fourth-order valence-corrected chi connectivity index (χ4v) is 3.25. The van der Waals surface area contributed by atoms with E-state index in [-0.39, 0.29) is 18.1 Å². The van der Waals surface area contributed by atoms with Crippen molar-refractivity contribution in [2.24, 2.45) is 0 Å². The van der Waals surface area contributed by atoms with Crippen molar-refractivity contribution in [3.63, 3.8) is 0 Å². The Morgan fingerprint density at radius 2 is 2.45 bits per heavy atom. The molecule has 3 rings (SSSR count). The fraction of sp³-hybridized carbons (Fsp3) is 0.467. The number of carbonyl (C=O) groups is 1. The van der Waals surface area contributed by atoms with Gasteiger partial charge in [0.25, 0.3) is 0 Å². The van der Waals surface area contributed by atoms with Crippen LogP contribution < -0.4 is 5.32 Å². The van der Waals surface area contributed by atoms with Crippen LogP contribution in [0.5, 0.6) is 0 Å². The molecule has 0 spiro atoms. The van der Waals surface area contributed by atoms with Gasteiger partial charge in [0.15, 0.2) is 0 Å². The minimum absolute atomic E-state index is 0.0384. The molecule has 1 aliphatic heterocycles. The van der Waals surface area contributed by atoms with E-state index in [1.807, 2.05) is 25.3 Å². The number of nitrogens with zero attached hydrogens (tertiary/aromatic N) is 2. The van der Waals surface area contributed by atoms with Gasteiger partial charge in [-0.3, -0.25) is 15.0 Å². The first-order chi connectivity index (χ1) is 10.6. The average Bonchev–Trinajstić information content (AvgIpc) is 3.18. The smallest absolute Gasteiger partial charge is 0.243 e. The maximum absolute atomic E-state index is 12.3. The molecule has 1 aliphatic rings. The van der Waals surface area contributed by atoms with Gasteiger partial charge in [-0.2, -0.15) is 0 Å².